The first-order valence-corrected chi connectivity index (χ1v) is 43.4. The summed E-state index contributed by atoms with van der Waals surface area (Å²) >= 11 is 7.48. The third-order valence-corrected chi connectivity index (χ3v) is 27.2. The molecule has 16 aromatic rings. The van der Waals surface area contributed by atoms with E-state index < -0.39 is 10.8 Å². The van der Waals surface area contributed by atoms with Crippen molar-refractivity contribution in [3.8, 4) is 33.4 Å². The van der Waals surface area contributed by atoms with E-state index in [1.165, 1.54) is 109 Å². The Morgan fingerprint density at radius 2 is 0.457 bits per heavy atom. The third kappa shape index (κ3) is 14.8. The molecule has 0 radical (unpaired) electrons. The Morgan fingerprint density at radius 3 is 0.733 bits per heavy atom. The van der Waals surface area contributed by atoms with E-state index in [4.69, 9.17) is 0 Å². The Labute approximate surface area is 700 Å². The van der Waals surface area contributed by atoms with E-state index in [9.17, 15) is 0 Å². The van der Waals surface area contributed by atoms with Gasteiger partial charge in [0.25, 0.3) is 0 Å². The lowest BCUT2D eigenvalue weighted by Crippen LogP contribution is -2.28. The molecule has 0 aromatic heterocycles. The van der Waals surface area contributed by atoms with Crippen LogP contribution in [-0.2, 0) is 33.8 Å². The number of hydrogen-bond donors (Lipinski definition) is 0. The smallest absolute Gasteiger partial charge is 0.0714 e. The lowest BCUT2D eigenvalue weighted by Gasteiger charge is -2.35. The molecule has 0 bridgehead atoms. The number of hydrogen-bond acceptors (Lipinski definition) is 6. The van der Waals surface area contributed by atoms with Gasteiger partial charge in [0.05, 0.1) is 10.8 Å². The number of thioether (sulfide) groups is 4. The molecule has 2 aliphatic carbocycles. The Bertz CT molecular complexity index is 5620. The zero-order valence-corrected chi connectivity index (χ0v) is 67.7. The number of rotatable bonds is 27. The van der Waals surface area contributed by atoms with Crippen LogP contribution in [0.25, 0.3) is 57.7 Å². The molecule has 116 heavy (non-hydrogen) atoms. The molecule has 18 rings (SSSR count). The molecule has 0 saturated heterocycles. The summed E-state index contributed by atoms with van der Waals surface area (Å²) in [4.78, 5) is 9.75. The zero-order valence-electron chi connectivity index (χ0n) is 64.4. The van der Waals surface area contributed by atoms with E-state index in [0.717, 1.165) is 90.5 Å². The van der Waals surface area contributed by atoms with E-state index in [-0.39, 0.29) is 0 Å². The Kier molecular flexibility index (Phi) is 21.6. The van der Waals surface area contributed by atoms with Crippen molar-refractivity contribution < 1.29 is 0 Å². The van der Waals surface area contributed by atoms with Gasteiger partial charge in [0.2, 0.25) is 0 Å². The first-order valence-electron chi connectivity index (χ1n) is 39.4. The van der Waals surface area contributed by atoms with Gasteiger partial charge in [-0.2, -0.15) is 0 Å². The zero-order chi connectivity index (χ0) is 78.4. The molecule has 6 heteroatoms. The summed E-state index contributed by atoms with van der Waals surface area (Å²) in [6.07, 6.45) is 7.61. The van der Waals surface area contributed by atoms with Crippen LogP contribution in [0.2, 0.25) is 0 Å². The Balaban J connectivity index is 0.686. The predicted octanol–water partition coefficient (Wildman–Crippen LogP) is 30.8. The van der Waals surface area contributed by atoms with Gasteiger partial charge in [-0.15, -0.1) is 47.0 Å². The maximum absolute atomic E-state index is 3.98. The van der Waals surface area contributed by atoms with Crippen molar-refractivity contribution in [2.45, 2.75) is 53.4 Å². The third-order valence-electron chi connectivity index (χ3n) is 22.8. The van der Waals surface area contributed by atoms with E-state index >= 15 is 0 Å². The first kappa shape index (κ1) is 74.9. The van der Waals surface area contributed by atoms with Gasteiger partial charge in [0, 0.05) is 76.7 Å². The largest absolute Gasteiger partial charge is 0.310 e. The molecule has 0 saturated carbocycles. The highest BCUT2D eigenvalue weighted by Gasteiger charge is 2.48. The lowest BCUT2D eigenvalue weighted by atomic mass is 9.67. The molecule has 0 fully saturated rings. The normalized spacial score (nSPS) is 12.5. The highest BCUT2D eigenvalue weighted by atomic mass is 32.2. The molecule has 0 amide bonds. The van der Waals surface area contributed by atoms with E-state index in [1.807, 2.05) is 71.4 Å². The van der Waals surface area contributed by atoms with Gasteiger partial charge >= 0.3 is 0 Å². The monoisotopic (exact) mass is 1560 g/mol. The molecule has 558 valence electrons. The summed E-state index contributed by atoms with van der Waals surface area (Å²) in [5.41, 5.74) is 31.9. The van der Waals surface area contributed by atoms with Crippen LogP contribution in [-0.4, -0.2) is 0 Å². The maximum atomic E-state index is 3.98. The fourth-order valence-corrected chi connectivity index (χ4v) is 20.3. The summed E-state index contributed by atoms with van der Waals surface area (Å²) in [6, 6.07) is 145. The second-order valence-electron chi connectivity index (χ2n) is 29.5. The molecule has 0 heterocycles. The van der Waals surface area contributed by atoms with Crippen LogP contribution >= 0.6 is 47.0 Å². The number of fused-ring (bicyclic) bond motifs is 6. The number of benzene rings is 16. The fraction of sp³-hybridized carbons (Fsp3) is 0.0545. The van der Waals surface area contributed by atoms with Crippen molar-refractivity contribution in [3.63, 3.8) is 0 Å². The summed E-state index contributed by atoms with van der Waals surface area (Å²) in [7, 11) is 0. The molecular weight excluding hydrogens is 1480 g/mol. The topological polar surface area (TPSA) is 6.48 Å². The first-order chi connectivity index (χ1) is 57.2. The van der Waals surface area contributed by atoms with Crippen LogP contribution in [0.5, 0.6) is 0 Å². The van der Waals surface area contributed by atoms with Crippen molar-refractivity contribution in [1.29, 1.82) is 0 Å². The van der Waals surface area contributed by atoms with E-state index in [0.29, 0.717) is 0 Å². The van der Waals surface area contributed by atoms with Gasteiger partial charge in [-0.05, 0) is 244 Å². The summed E-state index contributed by atoms with van der Waals surface area (Å²) in [5.74, 6) is 3.49. The van der Waals surface area contributed by atoms with Gasteiger partial charge < -0.3 is 9.80 Å². The van der Waals surface area contributed by atoms with E-state index in [1.54, 1.807) is 0 Å². The van der Waals surface area contributed by atoms with Crippen molar-refractivity contribution >= 4 is 105 Å². The fourth-order valence-electron chi connectivity index (χ4n) is 16.9. The second-order valence-corrected chi connectivity index (χ2v) is 33.7. The van der Waals surface area contributed by atoms with Crippen molar-refractivity contribution in [2.75, 3.05) is 9.80 Å². The predicted molar refractivity (Wildman–Crippen MR) is 500 cm³/mol. The SMILES string of the molecule is C=Cc1ccc(CSc2ccc(C3(c4ccc(SCc5ccc(C=C)cc5)cc4)c4ccccc4-c4ccc(N(c5ccccc5)c5ccc(-c6ccc(N(c7ccccc7)c7ccc8c(c7)C(c7ccc(SCc9ccc(C=C)cc9)cc7)(c7ccc(SCc9ccc(C=C)cc9)cc7)c7ccccc7-8)cc6)cc5)cc43)cc2)cc1. The lowest BCUT2D eigenvalue weighted by molar-refractivity contribution is 0.766. The van der Waals surface area contributed by atoms with Crippen LogP contribution in [0.4, 0.5) is 34.1 Å². The van der Waals surface area contributed by atoms with Crippen LogP contribution in [0.1, 0.15) is 89.0 Å². The maximum Gasteiger partial charge on any atom is 0.0714 e. The number of anilines is 6. The van der Waals surface area contributed by atoms with Gasteiger partial charge in [0.15, 0.2) is 0 Å². The summed E-state index contributed by atoms with van der Waals surface area (Å²) in [5, 5.41) is 0. The average molecular weight is 1560 g/mol. The van der Waals surface area contributed by atoms with Crippen LogP contribution < -0.4 is 9.80 Å². The summed E-state index contributed by atoms with van der Waals surface area (Å²) in [6.45, 7) is 15.9. The Hall–Kier alpha value is -12.5. The Morgan fingerprint density at radius 1 is 0.216 bits per heavy atom. The van der Waals surface area contributed by atoms with Gasteiger partial charge in [0.1, 0.15) is 0 Å². The molecule has 0 atom stereocenters. The van der Waals surface area contributed by atoms with E-state index in [2.05, 4.69) is 424 Å². The minimum absolute atomic E-state index is 0.652. The minimum atomic E-state index is -0.652. The second kappa shape index (κ2) is 33.5. The van der Waals surface area contributed by atoms with Gasteiger partial charge in [-0.3, -0.25) is 0 Å². The number of para-hydroxylation sites is 2. The van der Waals surface area contributed by atoms with Gasteiger partial charge in [-0.25, -0.2) is 0 Å². The van der Waals surface area contributed by atoms with Crippen LogP contribution in [0.3, 0.4) is 0 Å². The molecule has 0 aliphatic heterocycles. The van der Waals surface area contributed by atoms with Crippen LogP contribution in [0, 0.1) is 0 Å². The average Bonchev–Trinajstić information content (AvgIpc) is 1.54. The van der Waals surface area contributed by atoms with Crippen molar-refractivity contribution in [3.05, 3.63) is 504 Å². The summed E-state index contributed by atoms with van der Waals surface area (Å²) < 4.78 is 0. The van der Waals surface area contributed by atoms with Crippen LogP contribution in [0.15, 0.2) is 434 Å². The highest BCUT2D eigenvalue weighted by Crippen LogP contribution is 2.60. The molecule has 0 N–H and O–H groups in total. The number of nitrogens with zero attached hydrogens (tertiary/aromatic N) is 2. The molecule has 0 spiro atoms. The van der Waals surface area contributed by atoms with Crippen molar-refractivity contribution in [1.82, 2.24) is 0 Å². The molecule has 16 aromatic carbocycles. The minimum Gasteiger partial charge on any atom is -0.310 e. The quantitative estimate of drug-likeness (QED) is 0.0470. The van der Waals surface area contributed by atoms with Gasteiger partial charge in [-0.1, -0.05) is 318 Å². The van der Waals surface area contributed by atoms with Crippen molar-refractivity contribution in [2.24, 2.45) is 0 Å². The molecular formula is C110H84N2S4. The molecule has 2 aliphatic rings. The molecule has 0 unspecified atom stereocenters. The highest BCUT2D eigenvalue weighted by molar-refractivity contribution is 7.99. The molecule has 2 nitrogen and oxygen atoms in total. The standard InChI is InChI=1S/C110H84N2S4/c1-5-77-27-35-81(36-28-77)73-113-97-61-47-87(48-62-97)109(88-49-63-98(64-50-88)114-74-82-37-29-78(6-2)30-38-82)105-25-17-15-23-101(105)103-69-59-95(71-107(103)109)111(91-19-11-9-12-20-91)93-55-43-85(44-56-93)86-45-57-94(58-46-86)112(92-21-13-10-14-22-92)96-60-70-104-102-24-16-18-26-106(102)110(108(104)72-96,89-51-65-99(66-52-89)115-75-83-39-31-79(7-3)32-40-83)90-53-67-100(68-54-90)116-76-84-41-33-80(8-4)34-42-84/h5-72H,1-4,73-76H2.